The van der Waals surface area contributed by atoms with Crippen LogP contribution < -0.4 is 10.6 Å². The van der Waals surface area contributed by atoms with E-state index in [-0.39, 0.29) is 23.5 Å². The number of ether oxygens (including phenoxy) is 1. The van der Waals surface area contributed by atoms with Crippen molar-refractivity contribution in [3.05, 3.63) is 102 Å². The maximum absolute atomic E-state index is 14.7. The highest BCUT2D eigenvalue weighted by atomic mass is 16.6. The van der Waals surface area contributed by atoms with Gasteiger partial charge in [-0.15, -0.1) is 0 Å². The van der Waals surface area contributed by atoms with Gasteiger partial charge in [-0.25, -0.2) is 4.79 Å². The van der Waals surface area contributed by atoms with Gasteiger partial charge in [-0.05, 0) is 87.2 Å². The Balaban J connectivity index is 1.80. The molecular weight excluding hydrogens is 582 g/mol. The average molecular weight is 626 g/mol. The summed E-state index contributed by atoms with van der Waals surface area (Å²) in [7, 11) is 0. The van der Waals surface area contributed by atoms with Crippen molar-refractivity contribution in [2.45, 2.75) is 78.1 Å². The Kier molecular flexibility index (Phi) is 10.6. The number of nitrogens with zero attached hydrogens (tertiary/aromatic N) is 1. The van der Waals surface area contributed by atoms with E-state index in [1.807, 2.05) is 50.2 Å². The Morgan fingerprint density at radius 1 is 0.891 bits per heavy atom. The zero-order valence-electron chi connectivity index (χ0n) is 27.2. The minimum atomic E-state index is -1.25. The molecule has 0 bridgehead atoms. The normalized spacial score (nSPS) is 13.3. The van der Waals surface area contributed by atoms with Crippen LogP contribution in [-0.4, -0.2) is 50.7 Å². The van der Waals surface area contributed by atoms with E-state index in [9.17, 15) is 24.6 Å². The summed E-state index contributed by atoms with van der Waals surface area (Å²) in [6.07, 6.45) is -0.245. The van der Waals surface area contributed by atoms with Gasteiger partial charge >= 0.3 is 6.09 Å². The first-order valence-corrected chi connectivity index (χ1v) is 15.4. The monoisotopic (exact) mass is 625 g/mol. The van der Waals surface area contributed by atoms with E-state index in [1.54, 1.807) is 64.1 Å². The molecule has 0 aliphatic rings. The van der Waals surface area contributed by atoms with E-state index in [4.69, 9.17) is 4.74 Å². The number of aryl methyl sites for hydroxylation is 1. The summed E-state index contributed by atoms with van der Waals surface area (Å²) in [6, 6.07) is 21.9. The number of benzene rings is 4. The summed E-state index contributed by atoms with van der Waals surface area (Å²) in [6.45, 7) is 10.6. The van der Waals surface area contributed by atoms with E-state index in [0.29, 0.717) is 23.2 Å². The van der Waals surface area contributed by atoms with E-state index < -0.39 is 41.6 Å². The molecule has 242 valence electrons. The van der Waals surface area contributed by atoms with Crippen LogP contribution in [0.1, 0.15) is 63.8 Å². The fraction of sp³-hybridized carbons (Fsp3) is 0.324. The maximum atomic E-state index is 14.7. The second-order valence-electron chi connectivity index (χ2n) is 12.5. The largest absolute Gasteiger partial charge is 0.508 e. The van der Waals surface area contributed by atoms with E-state index in [0.717, 1.165) is 10.8 Å². The average Bonchev–Trinajstić information content (AvgIpc) is 3.00. The molecular formula is C37H43N3O6. The van der Waals surface area contributed by atoms with E-state index in [2.05, 4.69) is 10.6 Å². The molecule has 0 aromatic heterocycles. The van der Waals surface area contributed by atoms with Crippen LogP contribution in [-0.2, 0) is 20.7 Å². The summed E-state index contributed by atoms with van der Waals surface area (Å²) < 4.78 is 5.50. The van der Waals surface area contributed by atoms with Crippen LogP contribution in [0, 0.1) is 6.92 Å². The second-order valence-corrected chi connectivity index (χ2v) is 12.5. The topological polar surface area (TPSA) is 128 Å². The van der Waals surface area contributed by atoms with Gasteiger partial charge in [0.25, 0.3) is 5.91 Å². The number of para-hydroxylation sites is 1. The summed E-state index contributed by atoms with van der Waals surface area (Å²) >= 11 is 0. The molecule has 0 spiro atoms. The Hall–Kier alpha value is -5.05. The van der Waals surface area contributed by atoms with Crippen LogP contribution in [0.5, 0.6) is 11.5 Å². The van der Waals surface area contributed by atoms with Gasteiger partial charge in [-0.1, -0.05) is 67.6 Å². The number of phenolic OH excluding ortho intramolecular Hbond substituents is 2. The number of nitrogens with one attached hydrogen (secondary N) is 2. The lowest BCUT2D eigenvalue weighted by atomic mass is 9.96. The molecule has 0 saturated heterocycles. The zero-order chi connectivity index (χ0) is 33.6. The van der Waals surface area contributed by atoms with Crippen LogP contribution in [0.15, 0.2) is 84.9 Å². The van der Waals surface area contributed by atoms with Crippen LogP contribution in [0.3, 0.4) is 0 Å². The number of anilines is 1. The molecule has 46 heavy (non-hydrogen) atoms. The molecule has 4 aromatic rings. The Morgan fingerprint density at radius 3 is 2.22 bits per heavy atom. The molecule has 0 saturated carbocycles. The lowest BCUT2D eigenvalue weighted by molar-refractivity contribution is -0.143. The number of carbonyl (C=O) groups excluding carboxylic acids is 3. The van der Waals surface area contributed by atoms with Crippen molar-refractivity contribution in [3.63, 3.8) is 0 Å². The summed E-state index contributed by atoms with van der Waals surface area (Å²) in [5.41, 5.74) is 1.19. The standard InChI is InChI=1S/C37H43N3O6/c1-7-24(3)40(35(44)31(39-36(45)46-37(4,5)6)21-25-15-19-29(41)20-16-25)32(30-14-10-11-23(2)33(30)42)34(43)38-28-18-17-26-12-8-9-13-27(26)22-28/h8-20,22,24,31-32,41-42H,7,21H2,1-6H3,(H,38,43)(H,39,45). The Bertz CT molecular complexity index is 1700. The lowest BCUT2D eigenvalue weighted by Crippen LogP contribution is -2.55. The zero-order valence-corrected chi connectivity index (χ0v) is 27.2. The molecule has 3 amide bonds. The number of hydrogen-bond acceptors (Lipinski definition) is 6. The van der Waals surface area contributed by atoms with E-state index in [1.165, 1.54) is 17.0 Å². The summed E-state index contributed by atoms with van der Waals surface area (Å²) in [5.74, 6) is -1.09. The fourth-order valence-electron chi connectivity index (χ4n) is 5.29. The van der Waals surface area contributed by atoms with Gasteiger partial charge in [0.2, 0.25) is 5.91 Å². The Morgan fingerprint density at radius 2 is 1.57 bits per heavy atom. The smallest absolute Gasteiger partial charge is 0.408 e. The molecule has 0 heterocycles. The third-order valence-electron chi connectivity index (χ3n) is 7.79. The molecule has 3 unspecified atom stereocenters. The summed E-state index contributed by atoms with van der Waals surface area (Å²) in [5, 5.41) is 28.7. The predicted octanol–water partition coefficient (Wildman–Crippen LogP) is 7.00. The van der Waals surface area contributed by atoms with Crippen molar-refractivity contribution in [3.8, 4) is 11.5 Å². The number of alkyl carbamates (subject to hydrolysis) is 1. The first-order valence-electron chi connectivity index (χ1n) is 15.4. The van der Waals surface area contributed by atoms with Crippen molar-refractivity contribution in [2.24, 2.45) is 0 Å². The van der Waals surface area contributed by atoms with Gasteiger partial charge in [-0.3, -0.25) is 9.59 Å². The Labute approximate surface area is 270 Å². The van der Waals surface area contributed by atoms with Crippen LogP contribution in [0.4, 0.5) is 10.5 Å². The second kappa shape index (κ2) is 14.4. The van der Waals surface area contributed by atoms with Gasteiger partial charge in [0.1, 0.15) is 29.2 Å². The number of aromatic hydroxyl groups is 2. The molecule has 0 aliphatic carbocycles. The van der Waals surface area contributed by atoms with Crippen molar-refractivity contribution >= 4 is 34.4 Å². The van der Waals surface area contributed by atoms with E-state index >= 15 is 0 Å². The molecule has 0 aliphatic heterocycles. The maximum Gasteiger partial charge on any atom is 0.408 e. The molecule has 9 nitrogen and oxygen atoms in total. The molecule has 0 fully saturated rings. The first-order chi connectivity index (χ1) is 21.8. The van der Waals surface area contributed by atoms with Crippen molar-refractivity contribution in [1.29, 1.82) is 0 Å². The molecule has 0 radical (unpaired) electrons. The van der Waals surface area contributed by atoms with Crippen molar-refractivity contribution in [2.75, 3.05) is 5.32 Å². The SMILES string of the molecule is CCC(C)N(C(=O)C(Cc1ccc(O)cc1)NC(=O)OC(C)(C)C)C(C(=O)Nc1ccc2ccccc2c1)c1cccc(C)c1O. The van der Waals surface area contributed by atoms with Gasteiger partial charge in [0.05, 0.1) is 0 Å². The quantitative estimate of drug-likeness (QED) is 0.150. The van der Waals surface area contributed by atoms with Crippen molar-refractivity contribution < 1.29 is 29.3 Å². The molecule has 4 aromatic carbocycles. The molecule has 4 rings (SSSR count). The number of rotatable bonds is 10. The molecule has 9 heteroatoms. The minimum absolute atomic E-state index is 0.0596. The van der Waals surface area contributed by atoms with Gasteiger partial charge in [0.15, 0.2) is 0 Å². The molecule has 4 N–H and O–H groups in total. The van der Waals surface area contributed by atoms with Gasteiger partial charge in [-0.2, -0.15) is 0 Å². The lowest BCUT2D eigenvalue weighted by Gasteiger charge is -2.38. The highest BCUT2D eigenvalue weighted by molar-refractivity contribution is 6.01. The van der Waals surface area contributed by atoms with Gasteiger partial charge < -0.3 is 30.5 Å². The number of fused-ring (bicyclic) bond motifs is 1. The van der Waals surface area contributed by atoms with Crippen LogP contribution in [0.25, 0.3) is 10.8 Å². The number of hydrogen-bond donors (Lipinski definition) is 4. The number of phenols is 2. The molecule has 3 atom stereocenters. The highest BCUT2D eigenvalue weighted by Crippen LogP contribution is 2.35. The number of amides is 3. The summed E-state index contributed by atoms with van der Waals surface area (Å²) in [4.78, 5) is 43.5. The number of carbonyl (C=O) groups is 3. The van der Waals surface area contributed by atoms with Gasteiger partial charge in [0, 0.05) is 23.7 Å². The van der Waals surface area contributed by atoms with Crippen molar-refractivity contribution in [1.82, 2.24) is 10.2 Å². The highest BCUT2D eigenvalue weighted by Gasteiger charge is 2.40. The third-order valence-corrected chi connectivity index (χ3v) is 7.79. The minimum Gasteiger partial charge on any atom is -0.508 e. The third kappa shape index (κ3) is 8.35. The van der Waals surface area contributed by atoms with Crippen LogP contribution >= 0.6 is 0 Å². The predicted molar refractivity (Wildman–Crippen MR) is 180 cm³/mol. The first kappa shape index (κ1) is 33.8. The van der Waals surface area contributed by atoms with Crippen LogP contribution in [0.2, 0.25) is 0 Å². The fourth-order valence-corrected chi connectivity index (χ4v) is 5.29.